The SMILES string of the molecule is CCOC(C(N)Cc1ccc(C(C)C)cc1)C(C)(C)C. The first-order valence-corrected chi connectivity index (χ1v) is 7.71. The second kappa shape index (κ2) is 7.24. The van der Waals surface area contributed by atoms with Crippen molar-refractivity contribution in [2.75, 3.05) is 6.61 Å². The van der Waals surface area contributed by atoms with Gasteiger partial charge in [0.05, 0.1) is 6.10 Å². The van der Waals surface area contributed by atoms with Crippen LogP contribution < -0.4 is 5.73 Å². The van der Waals surface area contributed by atoms with Crippen molar-refractivity contribution < 1.29 is 4.74 Å². The van der Waals surface area contributed by atoms with Gasteiger partial charge in [-0.25, -0.2) is 0 Å². The van der Waals surface area contributed by atoms with E-state index in [4.69, 9.17) is 10.5 Å². The first-order chi connectivity index (χ1) is 9.25. The minimum Gasteiger partial charge on any atom is -0.376 e. The second-order valence-electron chi connectivity index (χ2n) is 7.01. The highest BCUT2D eigenvalue weighted by Gasteiger charge is 2.30. The summed E-state index contributed by atoms with van der Waals surface area (Å²) in [6, 6.07) is 8.83. The van der Waals surface area contributed by atoms with Crippen LogP contribution in [0.3, 0.4) is 0 Å². The van der Waals surface area contributed by atoms with E-state index in [9.17, 15) is 0 Å². The third-order valence-electron chi connectivity index (χ3n) is 3.71. The summed E-state index contributed by atoms with van der Waals surface area (Å²) >= 11 is 0. The third kappa shape index (κ3) is 4.92. The van der Waals surface area contributed by atoms with E-state index in [1.54, 1.807) is 0 Å². The van der Waals surface area contributed by atoms with Gasteiger partial charge in [0.1, 0.15) is 0 Å². The molecule has 2 nitrogen and oxygen atoms in total. The highest BCUT2D eigenvalue weighted by atomic mass is 16.5. The predicted molar refractivity (Wildman–Crippen MR) is 87.1 cm³/mol. The van der Waals surface area contributed by atoms with Crippen LogP contribution in [0.4, 0.5) is 0 Å². The molecule has 114 valence electrons. The maximum Gasteiger partial charge on any atom is 0.0777 e. The van der Waals surface area contributed by atoms with E-state index in [1.165, 1.54) is 11.1 Å². The fourth-order valence-corrected chi connectivity index (χ4v) is 2.61. The molecule has 0 heterocycles. The molecule has 2 heteroatoms. The van der Waals surface area contributed by atoms with E-state index in [2.05, 4.69) is 58.9 Å². The molecule has 0 bridgehead atoms. The first-order valence-electron chi connectivity index (χ1n) is 7.71. The Bertz CT molecular complexity index is 389. The molecule has 0 aromatic heterocycles. The summed E-state index contributed by atoms with van der Waals surface area (Å²) < 4.78 is 5.88. The van der Waals surface area contributed by atoms with Crippen molar-refractivity contribution in [2.24, 2.45) is 11.1 Å². The number of hydrogen-bond acceptors (Lipinski definition) is 2. The number of nitrogens with two attached hydrogens (primary N) is 1. The van der Waals surface area contributed by atoms with Gasteiger partial charge in [0, 0.05) is 12.6 Å². The minimum atomic E-state index is 0.0276. The van der Waals surface area contributed by atoms with Crippen molar-refractivity contribution in [3.8, 4) is 0 Å². The lowest BCUT2D eigenvalue weighted by atomic mass is 9.82. The normalized spacial score (nSPS) is 15.4. The monoisotopic (exact) mass is 277 g/mol. The maximum atomic E-state index is 6.40. The number of benzene rings is 1. The summed E-state index contributed by atoms with van der Waals surface area (Å²) in [5.74, 6) is 0.573. The highest BCUT2D eigenvalue weighted by molar-refractivity contribution is 5.25. The van der Waals surface area contributed by atoms with Crippen LogP contribution in [-0.4, -0.2) is 18.8 Å². The molecule has 0 radical (unpaired) electrons. The van der Waals surface area contributed by atoms with Gasteiger partial charge in [-0.1, -0.05) is 58.9 Å². The average molecular weight is 277 g/mol. The quantitative estimate of drug-likeness (QED) is 0.848. The van der Waals surface area contributed by atoms with E-state index in [1.807, 2.05) is 6.92 Å². The van der Waals surface area contributed by atoms with E-state index in [0.29, 0.717) is 12.5 Å². The largest absolute Gasteiger partial charge is 0.376 e. The third-order valence-corrected chi connectivity index (χ3v) is 3.71. The zero-order valence-corrected chi connectivity index (χ0v) is 13.9. The lowest BCUT2D eigenvalue weighted by molar-refractivity contribution is -0.0274. The topological polar surface area (TPSA) is 35.2 Å². The summed E-state index contributed by atoms with van der Waals surface area (Å²) in [4.78, 5) is 0. The Morgan fingerprint density at radius 3 is 2.05 bits per heavy atom. The van der Waals surface area contributed by atoms with Crippen molar-refractivity contribution in [3.05, 3.63) is 35.4 Å². The Labute approximate surface area is 124 Å². The van der Waals surface area contributed by atoms with Gasteiger partial charge in [-0.05, 0) is 35.8 Å². The van der Waals surface area contributed by atoms with Crippen molar-refractivity contribution in [2.45, 2.75) is 66.0 Å². The summed E-state index contributed by atoms with van der Waals surface area (Å²) in [6.45, 7) is 13.7. The van der Waals surface area contributed by atoms with Crippen LogP contribution in [0, 0.1) is 5.41 Å². The standard InChI is InChI=1S/C18H31NO/c1-7-20-17(18(4,5)6)16(19)12-14-8-10-15(11-9-14)13(2)3/h8-11,13,16-17H,7,12,19H2,1-6H3. The average Bonchev–Trinajstić information content (AvgIpc) is 2.35. The van der Waals surface area contributed by atoms with Crippen molar-refractivity contribution in [3.63, 3.8) is 0 Å². The molecular formula is C18H31NO. The number of rotatable bonds is 6. The molecule has 2 atom stereocenters. The molecule has 0 aliphatic rings. The summed E-state index contributed by atoms with van der Waals surface area (Å²) in [6.07, 6.45) is 0.942. The molecule has 1 rings (SSSR count). The van der Waals surface area contributed by atoms with Gasteiger partial charge in [-0.15, -0.1) is 0 Å². The molecule has 0 amide bonds. The van der Waals surface area contributed by atoms with Crippen LogP contribution in [0.15, 0.2) is 24.3 Å². The van der Waals surface area contributed by atoms with E-state index in [0.717, 1.165) is 6.42 Å². The Morgan fingerprint density at radius 1 is 1.10 bits per heavy atom. The molecule has 20 heavy (non-hydrogen) atoms. The van der Waals surface area contributed by atoms with E-state index >= 15 is 0 Å². The van der Waals surface area contributed by atoms with Gasteiger partial charge in [-0.2, -0.15) is 0 Å². The Hall–Kier alpha value is -0.860. The molecular weight excluding hydrogens is 246 g/mol. The van der Waals surface area contributed by atoms with Crippen LogP contribution in [0.1, 0.15) is 58.6 Å². The van der Waals surface area contributed by atoms with Crippen LogP contribution in [0.25, 0.3) is 0 Å². The molecule has 1 aromatic carbocycles. The van der Waals surface area contributed by atoms with Gasteiger partial charge < -0.3 is 10.5 Å². The van der Waals surface area contributed by atoms with E-state index < -0.39 is 0 Å². The van der Waals surface area contributed by atoms with Crippen molar-refractivity contribution >= 4 is 0 Å². The van der Waals surface area contributed by atoms with E-state index in [-0.39, 0.29) is 17.6 Å². The molecule has 0 aliphatic heterocycles. The summed E-state index contributed by atoms with van der Waals surface area (Å²) in [5.41, 5.74) is 9.12. The fourth-order valence-electron chi connectivity index (χ4n) is 2.61. The summed E-state index contributed by atoms with van der Waals surface area (Å²) in [5, 5.41) is 0. The Kier molecular flexibility index (Phi) is 6.22. The van der Waals surface area contributed by atoms with Crippen LogP contribution in [-0.2, 0) is 11.2 Å². The van der Waals surface area contributed by atoms with Crippen molar-refractivity contribution in [1.82, 2.24) is 0 Å². The summed E-state index contributed by atoms with van der Waals surface area (Å²) in [7, 11) is 0. The maximum absolute atomic E-state index is 6.40. The lowest BCUT2D eigenvalue weighted by Crippen LogP contribution is -2.46. The zero-order chi connectivity index (χ0) is 15.3. The van der Waals surface area contributed by atoms with Crippen molar-refractivity contribution in [1.29, 1.82) is 0 Å². The first kappa shape index (κ1) is 17.2. The molecule has 2 unspecified atom stereocenters. The Morgan fingerprint density at radius 2 is 1.65 bits per heavy atom. The molecule has 1 aromatic rings. The van der Waals surface area contributed by atoms with Gasteiger partial charge in [-0.3, -0.25) is 0 Å². The fraction of sp³-hybridized carbons (Fsp3) is 0.667. The number of ether oxygens (including phenoxy) is 1. The molecule has 0 spiro atoms. The second-order valence-corrected chi connectivity index (χ2v) is 7.01. The highest BCUT2D eigenvalue weighted by Crippen LogP contribution is 2.26. The molecule has 0 saturated carbocycles. The zero-order valence-electron chi connectivity index (χ0n) is 13.9. The van der Waals surface area contributed by atoms with Gasteiger partial charge in [0.2, 0.25) is 0 Å². The van der Waals surface area contributed by atoms with Crippen LogP contribution >= 0.6 is 0 Å². The molecule has 0 aliphatic carbocycles. The minimum absolute atomic E-state index is 0.0276. The lowest BCUT2D eigenvalue weighted by Gasteiger charge is -2.35. The van der Waals surface area contributed by atoms with Gasteiger partial charge in [0.15, 0.2) is 0 Å². The molecule has 2 N–H and O–H groups in total. The van der Waals surface area contributed by atoms with Gasteiger partial charge >= 0.3 is 0 Å². The smallest absolute Gasteiger partial charge is 0.0777 e. The van der Waals surface area contributed by atoms with Crippen LogP contribution in [0.5, 0.6) is 0 Å². The Balaban J connectivity index is 2.75. The predicted octanol–water partition coefficient (Wildman–Crippen LogP) is 4.13. The van der Waals surface area contributed by atoms with Gasteiger partial charge in [0.25, 0.3) is 0 Å². The number of hydrogen-bond donors (Lipinski definition) is 1. The molecule has 0 saturated heterocycles. The molecule has 0 fully saturated rings. The van der Waals surface area contributed by atoms with Crippen LogP contribution in [0.2, 0.25) is 0 Å².